The molecule has 0 aromatic rings. The Labute approximate surface area is 164 Å². The second-order valence-electron chi connectivity index (χ2n) is 7.42. The van der Waals surface area contributed by atoms with Gasteiger partial charge in [-0.1, -0.05) is 37.1 Å². The SMILES string of the molecule is CO[C@@H]1CCC(CC=CCCCC(=O)O)(OC)[C@H]1C=CCCCCCCO. The summed E-state index contributed by atoms with van der Waals surface area (Å²) in [5.74, 6) is -0.509. The minimum Gasteiger partial charge on any atom is -0.481 e. The van der Waals surface area contributed by atoms with Gasteiger partial charge in [-0.3, -0.25) is 4.79 Å². The van der Waals surface area contributed by atoms with Crippen LogP contribution in [0, 0.1) is 5.92 Å². The Kier molecular flexibility index (Phi) is 12.3. The van der Waals surface area contributed by atoms with E-state index in [0.717, 1.165) is 57.8 Å². The van der Waals surface area contributed by atoms with Crippen LogP contribution in [0.1, 0.15) is 70.6 Å². The first-order chi connectivity index (χ1) is 13.1. The second-order valence-corrected chi connectivity index (χ2v) is 7.42. The van der Waals surface area contributed by atoms with Gasteiger partial charge < -0.3 is 19.7 Å². The smallest absolute Gasteiger partial charge is 0.303 e. The molecule has 2 N–H and O–H groups in total. The Morgan fingerprint density at radius 3 is 2.48 bits per heavy atom. The van der Waals surface area contributed by atoms with Gasteiger partial charge >= 0.3 is 5.97 Å². The number of aliphatic carboxylic acids is 1. The number of unbranched alkanes of at least 4 members (excludes halogenated alkanes) is 5. The molecule has 0 bridgehead atoms. The highest BCUT2D eigenvalue weighted by Crippen LogP contribution is 2.43. The molecule has 0 saturated heterocycles. The number of rotatable bonds is 15. The van der Waals surface area contributed by atoms with Crippen molar-refractivity contribution in [2.45, 2.75) is 82.3 Å². The third kappa shape index (κ3) is 8.58. The number of hydrogen-bond donors (Lipinski definition) is 2. The van der Waals surface area contributed by atoms with E-state index in [1.165, 1.54) is 0 Å². The maximum atomic E-state index is 10.6. The standard InChI is InChI=1S/C22H38O5/c1-26-20-15-17-22(27-2,16-11-7-6-10-14-21(24)25)19(20)13-9-5-3-4-8-12-18-23/h7,9,11,13,19-20,23H,3-6,8,10,12,14-18H2,1-2H3,(H,24,25)/t19-,20+,22?/m0/s1. The van der Waals surface area contributed by atoms with Crippen molar-refractivity contribution in [3.8, 4) is 0 Å². The molecule has 1 rings (SSSR count). The Bertz CT molecular complexity index is 460. The highest BCUT2D eigenvalue weighted by atomic mass is 16.5. The molecule has 1 aliphatic carbocycles. The van der Waals surface area contributed by atoms with Crippen molar-refractivity contribution >= 4 is 5.97 Å². The molecule has 0 aromatic carbocycles. The molecule has 156 valence electrons. The molecule has 0 radical (unpaired) electrons. The summed E-state index contributed by atoms with van der Waals surface area (Å²) in [6.07, 6.45) is 18.7. The molecule has 3 atom stereocenters. The van der Waals surface area contributed by atoms with E-state index >= 15 is 0 Å². The summed E-state index contributed by atoms with van der Waals surface area (Å²) in [4.78, 5) is 10.6. The molecule has 1 fully saturated rings. The molecule has 0 spiro atoms. The summed E-state index contributed by atoms with van der Waals surface area (Å²) < 4.78 is 11.7. The Morgan fingerprint density at radius 1 is 1.07 bits per heavy atom. The van der Waals surface area contributed by atoms with E-state index in [9.17, 15) is 4.79 Å². The summed E-state index contributed by atoms with van der Waals surface area (Å²) >= 11 is 0. The van der Waals surface area contributed by atoms with Crippen LogP contribution in [0.5, 0.6) is 0 Å². The monoisotopic (exact) mass is 382 g/mol. The van der Waals surface area contributed by atoms with E-state index in [1.54, 1.807) is 14.2 Å². The van der Waals surface area contributed by atoms with Gasteiger partial charge in [-0.15, -0.1) is 0 Å². The third-order valence-electron chi connectivity index (χ3n) is 5.58. The lowest BCUT2D eigenvalue weighted by Gasteiger charge is -2.33. The van der Waals surface area contributed by atoms with Crippen LogP contribution < -0.4 is 0 Å². The third-order valence-corrected chi connectivity index (χ3v) is 5.58. The largest absolute Gasteiger partial charge is 0.481 e. The predicted octanol–water partition coefficient (Wildman–Crippen LogP) is 4.50. The molecule has 1 unspecified atom stereocenters. The van der Waals surface area contributed by atoms with E-state index in [-0.39, 0.29) is 30.7 Å². The van der Waals surface area contributed by atoms with Crippen LogP contribution in [0.3, 0.4) is 0 Å². The Hall–Kier alpha value is -1.17. The minimum atomic E-state index is -0.739. The predicted molar refractivity (Wildman–Crippen MR) is 108 cm³/mol. The Morgan fingerprint density at radius 2 is 1.81 bits per heavy atom. The average molecular weight is 383 g/mol. The van der Waals surface area contributed by atoms with E-state index < -0.39 is 5.97 Å². The quantitative estimate of drug-likeness (QED) is 0.322. The number of methoxy groups -OCH3 is 2. The summed E-state index contributed by atoms with van der Waals surface area (Å²) in [6.45, 7) is 0.285. The fraction of sp³-hybridized carbons (Fsp3) is 0.773. The number of carboxylic acid groups (broad SMARTS) is 1. The molecule has 27 heavy (non-hydrogen) atoms. The molecule has 0 heterocycles. The van der Waals surface area contributed by atoms with Crippen LogP contribution in [0.4, 0.5) is 0 Å². The molecule has 0 aromatic heterocycles. The van der Waals surface area contributed by atoms with Crippen LogP contribution in [0.25, 0.3) is 0 Å². The molecule has 0 amide bonds. The number of carbonyl (C=O) groups is 1. The van der Waals surface area contributed by atoms with Gasteiger partial charge in [0, 0.05) is 33.2 Å². The normalized spacial score (nSPS) is 25.7. The zero-order valence-electron chi connectivity index (χ0n) is 17.1. The average Bonchev–Trinajstić information content (AvgIpc) is 3.01. The van der Waals surface area contributed by atoms with Crippen molar-refractivity contribution in [2.75, 3.05) is 20.8 Å². The maximum Gasteiger partial charge on any atom is 0.303 e. The van der Waals surface area contributed by atoms with Crippen molar-refractivity contribution < 1.29 is 24.5 Å². The van der Waals surface area contributed by atoms with Gasteiger partial charge in [0.25, 0.3) is 0 Å². The van der Waals surface area contributed by atoms with E-state index in [2.05, 4.69) is 24.3 Å². The van der Waals surface area contributed by atoms with Crippen molar-refractivity contribution in [2.24, 2.45) is 5.92 Å². The summed E-state index contributed by atoms with van der Waals surface area (Å²) in [6, 6.07) is 0. The summed E-state index contributed by atoms with van der Waals surface area (Å²) in [7, 11) is 3.56. The maximum absolute atomic E-state index is 10.6. The highest BCUT2D eigenvalue weighted by Gasteiger charge is 2.47. The minimum absolute atomic E-state index is 0.177. The van der Waals surface area contributed by atoms with Crippen molar-refractivity contribution in [3.05, 3.63) is 24.3 Å². The molecular formula is C22H38O5. The van der Waals surface area contributed by atoms with E-state index in [0.29, 0.717) is 6.42 Å². The molecular weight excluding hydrogens is 344 g/mol. The lowest BCUT2D eigenvalue weighted by atomic mass is 9.85. The highest BCUT2D eigenvalue weighted by molar-refractivity contribution is 5.66. The van der Waals surface area contributed by atoms with Gasteiger partial charge in [0.15, 0.2) is 0 Å². The first kappa shape index (κ1) is 23.9. The molecule has 5 nitrogen and oxygen atoms in total. The summed E-state index contributed by atoms with van der Waals surface area (Å²) in [5, 5.41) is 17.5. The van der Waals surface area contributed by atoms with Gasteiger partial charge in [0.1, 0.15) is 0 Å². The van der Waals surface area contributed by atoms with Crippen molar-refractivity contribution in [1.82, 2.24) is 0 Å². The summed E-state index contributed by atoms with van der Waals surface area (Å²) in [5.41, 5.74) is -0.239. The fourth-order valence-electron chi connectivity index (χ4n) is 3.94. The molecule has 0 aliphatic heterocycles. The van der Waals surface area contributed by atoms with Crippen molar-refractivity contribution in [1.29, 1.82) is 0 Å². The van der Waals surface area contributed by atoms with E-state index in [4.69, 9.17) is 19.7 Å². The van der Waals surface area contributed by atoms with Crippen LogP contribution in [-0.4, -0.2) is 48.7 Å². The van der Waals surface area contributed by atoms with Gasteiger partial charge in [0.2, 0.25) is 0 Å². The molecule has 5 heteroatoms. The zero-order valence-corrected chi connectivity index (χ0v) is 17.1. The topological polar surface area (TPSA) is 76.0 Å². The van der Waals surface area contributed by atoms with Gasteiger partial charge in [-0.05, 0) is 51.4 Å². The van der Waals surface area contributed by atoms with Gasteiger partial charge in [-0.2, -0.15) is 0 Å². The number of aliphatic hydroxyl groups is 1. The zero-order chi connectivity index (χ0) is 20.0. The van der Waals surface area contributed by atoms with Gasteiger partial charge in [0.05, 0.1) is 11.7 Å². The van der Waals surface area contributed by atoms with Crippen LogP contribution in [-0.2, 0) is 14.3 Å². The molecule has 1 saturated carbocycles. The van der Waals surface area contributed by atoms with Crippen LogP contribution >= 0.6 is 0 Å². The number of ether oxygens (including phenoxy) is 2. The number of carboxylic acids is 1. The van der Waals surface area contributed by atoms with Crippen LogP contribution in [0.15, 0.2) is 24.3 Å². The van der Waals surface area contributed by atoms with E-state index in [1.807, 2.05) is 0 Å². The lowest BCUT2D eigenvalue weighted by Crippen LogP contribution is -2.38. The second kappa shape index (κ2) is 13.9. The number of hydrogen-bond acceptors (Lipinski definition) is 4. The fourth-order valence-corrected chi connectivity index (χ4v) is 3.94. The number of allylic oxidation sites excluding steroid dienone is 2. The Balaban J connectivity index is 2.55. The van der Waals surface area contributed by atoms with Crippen molar-refractivity contribution in [3.63, 3.8) is 0 Å². The first-order valence-electron chi connectivity index (χ1n) is 10.3. The van der Waals surface area contributed by atoms with Gasteiger partial charge in [-0.25, -0.2) is 0 Å². The number of aliphatic hydroxyl groups excluding tert-OH is 1. The first-order valence-corrected chi connectivity index (χ1v) is 10.3. The molecule has 1 aliphatic rings. The lowest BCUT2D eigenvalue weighted by molar-refractivity contribution is -0.137. The van der Waals surface area contributed by atoms with Crippen LogP contribution in [0.2, 0.25) is 0 Å².